The van der Waals surface area contributed by atoms with Crippen molar-refractivity contribution in [2.24, 2.45) is 8.80 Å². The summed E-state index contributed by atoms with van der Waals surface area (Å²) in [7, 11) is 0. The largest absolute Gasteiger partial charge is 0.478 e. The van der Waals surface area contributed by atoms with E-state index >= 15 is 0 Å². The third-order valence-electron chi connectivity index (χ3n) is 9.00. The molecule has 0 radical (unpaired) electrons. The first-order chi connectivity index (χ1) is 26.7. The first-order valence-corrected chi connectivity index (χ1v) is 20.1. The van der Waals surface area contributed by atoms with Crippen LogP contribution in [0.5, 0.6) is 0 Å². The quantitative estimate of drug-likeness (QED) is 0.118. The monoisotopic (exact) mass is 922 g/mol. The summed E-state index contributed by atoms with van der Waals surface area (Å²) in [6.45, 7) is 8.58. The molecule has 308 valence electrons. The number of carbonyl (C=O) groups is 2. The van der Waals surface area contributed by atoms with Crippen LogP contribution in [0.2, 0.25) is 20.1 Å². The van der Waals surface area contributed by atoms with Crippen LogP contribution in [0.4, 0.5) is 26.3 Å². The average molecular weight is 925 g/mol. The Balaban J connectivity index is 0.000000223. The van der Waals surface area contributed by atoms with Gasteiger partial charge in [0.25, 0.3) is 0 Å². The SMILES string of the molecule is Cc1cc(C2=NSC(c3cc(Cl)cc(Cl)c3)(C(F)(F)F)C2)ccc1C(=O)O.Cc1cc(C2=NSC(c3cc(Cl)cc(Cl)c3)(C(F)(F)F)C2)ccc1C(=O)OC(C)(C)C. The van der Waals surface area contributed by atoms with Crippen molar-refractivity contribution >= 4 is 93.7 Å². The van der Waals surface area contributed by atoms with Crippen LogP contribution in [0, 0.1) is 13.8 Å². The Kier molecular flexibility index (Phi) is 13.3. The Hall–Kier alpha value is -3.40. The zero-order chi connectivity index (χ0) is 43.2. The molecule has 4 aromatic rings. The fourth-order valence-corrected chi connectivity index (χ4v) is 9.16. The summed E-state index contributed by atoms with van der Waals surface area (Å²) >= 11 is 24.6. The van der Waals surface area contributed by atoms with Crippen LogP contribution in [-0.4, -0.2) is 46.4 Å². The highest BCUT2D eigenvalue weighted by molar-refractivity contribution is 7.99. The van der Waals surface area contributed by atoms with Crippen molar-refractivity contribution in [3.05, 3.63) is 137 Å². The van der Waals surface area contributed by atoms with Gasteiger partial charge in [0.05, 0.1) is 22.6 Å². The van der Waals surface area contributed by atoms with E-state index in [0.29, 0.717) is 51.7 Å². The molecule has 0 bridgehead atoms. The molecule has 6 nitrogen and oxygen atoms in total. The molecule has 0 fully saturated rings. The molecule has 4 aromatic carbocycles. The Morgan fingerprint density at radius 1 is 0.638 bits per heavy atom. The van der Waals surface area contributed by atoms with Gasteiger partial charge in [0.2, 0.25) is 0 Å². The number of aromatic carboxylic acids is 1. The molecule has 0 saturated heterocycles. The van der Waals surface area contributed by atoms with Gasteiger partial charge in [-0.25, -0.2) is 18.4 Å². The third kappa shape index (κ3) is 9.79. The summed E-state index contributed by atoms with van der Waals surface area (Å²) in [6, 6.07) is 16.9. The van der Waals surface area contributed by atoms with E-state index in [9.17, 15) is 35.9 Å². The van der Waals surface area contributed by atoms with Crippen molar-refractivity contribution in [2.45, 2.75) is 74.9 Å². The van der Waals surface area contributed by atoms with E-state index in [1.165, 1.54) is 54.6 Å². The maximum Gasteiger partial charge on any atom is 0.409 e. The predicted octanol–water partition coefficient (Wildman–Crippen LogP) is 13.9. The number of hydrogen-bond donors (Lipinski definition) is 1. The molecular formula is C40H32Cl4F6N2O4S2. The lowest BCUT2D eigenvalue weighted by molar-refractivity contribution is -0.160. The minimum absolute atomic E-state index is 0.0525. The number of nitrogens with zero attached hydrogens (tertiary/aromatic N) is 2. The molecule has 0 amide bonds. The van der Waals surface area contributed by atoms with Crippen LogP contribution in [-0.2, 0) is 14.2 Å². The molecule has 2 heterocycles. The summed E-state index contributed by atoms with van der Waals surface area (Å²) in [5.41, 5.74) is 2.17. The van der Waals surface area contributed by atoms with Gasteiger partial charge in [0, 0.05) is 32.9 Å². The Bertz CT molecular complexity index is 2310. The fourth-order valence-electron chi connectivity index (χ4n) is 6.18. The molecule has 2 unspecified atom stereocenters. The van der Waals surface area contributed by atoms with Gasteiger partial charge in [-0.05, 0) is 153 Å². The van der Waals surface area contributed by atoms with Crippen LogP contribution < -0.4 is 0 Å². The molecule has 0 aromatic heterocycles. The summed E-state index contributed by atoms with van der Waals surface area (Å²) in [4.78, 5) is 23.5. The number of carboxylic acids is 1. The van der Waals surface area contributed by atoms with Gasteiger partial charge >= 0.3 is 24.3 Å². The third-order valence-corrected chi connectivity index (χ3v) is 12.3. The van der Waals surface area contributed by atoms with Crippen molar-refractivity contribution < 1.29 is 45.8 Å². The van der Waals surface area contributed by atoms with Gasteiger partial charge in [-0.15, -0.1) is 0 Å². The van der Waals surface area contributed by atoms with E-state index in [-0.39, 0.29) is 54.6 Å². The molecular weight excluding hydrogens is 892 g/mol. The lowest BCUT2D eigenvalue weighted by Gasteiger charge is -2.30. The second-order valence-electron chi connectivity index (χ2n) is 14.4. The molecule has 2 aliphatic rings. The van der Waals surface area contributed by atoms with Gasteiger partial charge in [-0.1, -0.05) is 58.5 Å². The van der Waals surface area contributed by atoms with Crippen molar-refractivity contribution in [3.8, 4) is 0 Å². The Labute approximate surface area is 358 Å². The second kappa shape index (κ2) is 16.9. The number of rotatable bonds is 6. The van der Waals surface area contributed by atoms with Crippen molar-refractivity contribution in [1.82, 2.24) is 0 Å². The summed E-state index contributed by atoms with van der Waals surface area (Å²) in [5, 5.41) is 9.57. The van der Waals surface area contributed by atoms with Gasteiger partial charge in [0.15, 0.2) is 9.49 Å². The van der Waals surface area contributed by atoms with Gasteiger partial charge < -0.3 is 9.84 Å². The van der Waals surface area contributed by atoms with Crippen LogP contribution in [0.1, 0.15) is 87.7 Å². The highest BCUT2D eigenvalue weighted by Crippen LogP contribution is 2.58. The lowest BCUT2D eigenvalue weighted by atomic mass is 9.89. The predicted molar refractivity (Wildman–Crippen MR) is 220 cm³/mol. The van der Waals surface area contributed by atoms with Crippen LogP contribution >= 0.6 is 70.3 Å². The first-order valence-electron chi connectivity index (χ1n) is 17.0. The number of benzene rings is 4. The maximum absolute atomic E-state index is 14.2. The van der Waals surface area contributed by atoms with Crippen LogP contribution in [0.25, 0.3) is 0 Å². The molecule has 6 rings (SSSR count). The van der Waals surface area contributed by atoms with Crippen LogP contribution in [0.3, 0.4) is 0 Å². The number of halogens is 10. The zero-order valence-electron chi connectivity index (χ0n) is 31.0. The lowest BCUT2D eigenvalue weighted by Crippen LogP contribution is -2.38. The normalized spacial score (nSPS) is 19.6. The van der Waals surface area contributed by atoms with E-state index in [0.717, 1.165) is 0 Å². The van der Waals surface area contributed by atoms with Crippen molar-refractivity contribution in [1.29, 1.82) is 0 Å². The number of hydrogen-bond acceptors (Lipinski definition) is 7. The molecule has 1 N–H and O–H groups in total. The van der Waals surface area contributed by atoms with Gasteiger partial charge in [0.1, 0.15) is 5.60 Å². The highest BCUT2D eigenvalue weighted by Gasteiger charge is 2.61. The standard InChI is InChI=1S/C22H20Cl2F3NO2S.C18H12Cl2F3NO2S/c1-12-7-13(5-6-17(12)19(29)30-20(2,3)4)18-11-21(31-28-18,22(25,26)27)14-8-15(23)10-16(24)9-14;1-9-4-10(2-3-14(9)16(25)26)15-8-17(27-24-15,18(21,22)23)11-5-12(19)7-13(20)6-11/h5-10H,11H2,1-4H3;2-7H,8H2,1H3,(H,25,26). The molecule has 58 heavy (non-hydrogen) atoms. The van der Waals surface area contributed by atoms with E-state index in [1.807, 2.05) is 0 Å². The van der Waals surface area contributed by atoms with Gasteiger partial charge in [-0.2, -0.15) is 26.3 Å². The Morgan fingerprint density at radius 3 is 1.31 bits per heavy atom. The van der Waals surface area contributed by atoms with E-state index in [2.05, 4.69) is 8.80 Å². The van der Waals surface area contributed by atoms with E-state index in [1.54, 1.807) is 52.8 Å². The minimum atomic E-state index is -4.60. The molecule has 18 heteroatoms. The van der Waals surface area contributed by atoms with E-state index < -0.39 is 45.8 Å². The maximum atomic E-state index is 14.2. The number of carboxylic acid groups (broad SMARTS) is 1. The zero-order valence-corrected chi connectivity index (χ0v) is 35.7. The van der Waals surface area contributed by atoms with E-state index in [4.69, 9.17) is 56.2 Å². The highest BCUT2D eigenvalue weighted by atomic mass is 35.5. The molecule has 0 aliphatic carbocycles. The molecule has 2 aliphatic heterocycles. The smallest absolute Gasteiger partial charge is 0.409 e. The summed E-state index contributed by atoms with van der Waals surface area (Å²) < 4.78 is 93.8. The molecule has 0 spiro atoms. The molecule has 0 saturated carbocycles. The molecule has 2 atom stereocenters. The minimum Gasteiger partial charge on any atom is -0.478 e. The van der Waals surface area contributed by atoms with Crippen LogP contribution in [0.15, 0.2) is 81.6 Å². The number of carbonyl (C=O) groups excluding carboxylic acids is 1. The van der Waals surface area contributed by atoms with Crippen molar-refractivity contribution in [3.63, 3.8) is 0 Å². The average Bonchev–Trinajstić information content (AvgIpc) is 3.75. The number of alkyl halides is 6. The van der Waals surface area contributed by atoms with Gasteiger partial charge in [-0.3, -0.25) is 0 Å². The summed E-state index contributed by atoms with van der Waals surface area (Å²) in [6.07, 6.45) is -10.00. The summed E-state index contributed by atoms with van der Waals surface area (Å²) in [5.74, 6) is -1.59. The first kappa shape index (κ1) is 45.7. The fraction of sp³-hybridized carbons (Fsp3) is 0.300. The topological polar surface area (TPSA) is 88.3 Å². The van der Waals surface area contributed by atoms with Crippen molar-refractivity contribution in [2.75, 3.05) is 0 Å². The number of esters is 1. The number of ether oxygens (including phenoxy) is 1. The number of aryl methyl sites for hydroxylation is 2. The Morgan fingerprint density at radius 2 is 1.00 bits per heavy atom. The second-order valence-corrected chi connectivity index (χ2v) is 18.3.